The summed E-state index contributed by atoms with van der Waals surface area (Å²) in [6.45, 7) is 7.75. The fourth-order valence-electron chi connectivity index (χ4n) is 3.10. The SMILES string of the molecule is CC1CN(C(CN)c2cc(Br)c3c(c2)OCO3)CC1C. The van der Waals surface area contributed by atoms with Crippen molar-refractivity contribution in [2.24, 2.45) is 17.6 Å². The summed E-state index contributed by atoms with van der Waals surface area (Å²) < 4.78 is 11.9. The normalized spacial score (nSPS) is 27.0. The second kappa shape index (κ2) is 5.54. The Morgan fingerprint density at radius 2 is 2.00 bits per heavy atom. The molecular weight excluding hydrogens is 320 g/mol. The Kier molecular flexibility index (Phi) is 3.93. The third kappa shape index (κ3) is 2.43. The van der Waals surface area contributed by atoms with Gasteiger partial charge in [-0.15, -0.1) is 0 Å². The molecule has 0 spiro atoms. The lowest BCUT2D eigenvalue weighted by atomic mass is 10.0. The highest BCUT2D eigenvalue weighted by molar-refractivity contribution is 9.10. The van der Waals surface area contributed by atoms with Gasteiger partial charge < -0.3 is 15.2 Å². The maximum Gasteiger partial charge on any atom is 0.231 e. The largest absolute Gasteiger partial charge is 0.454 e. The molecule has 3 atom stereocenters. The molecule has 2 heterocycles. The molecule has 2 aliphatic rings. The minimum atomic E-state index is 0.244. The van der Waals surface area contributed by atoms with E-state index in [1.807, 2.05) is 0 Å². The Morgan fingerprint density at radius 3 is 2.65 bits per heavy atom. The Balaban J connectivity index is 1.88. The number of likely N-dealkylation sites (tertiary alicyclic amines) is 1. The molecule has 0 amide bonds. The van der Waals surface area contributed by atoms with Crippen LogP contribution in [0.5, 0.6) is 11.5 Å². The molecule has 2 N–H and O–H groups in total. The van der Waals surface area contributed by atoms with E-state index in [1.165, 1.54) is 5.56 Å². The van der Waals surface area contributed by atoms with Crippen LogP contribution in [0.3, 0.4) is 0 Å². The van der Waals surface area contributed by atoms with Crippen LogP contribution in [0.15, 0.2) is 16.6 Å². The number of benzene rings is 1. The van der Waals surface area contributed by atoms with Gasteiger partial charge in [-0.05, 0) is 45.5 Å². The van der Waals surface area contributed by atoms with E-state index in [2.05, 4.69) is 46.8 Å². The Labute approximate surface area is 128 Å². The summed E-state index contributed by atoms with van der Waals surface area (Å²) in [5.74, 6) is 3.06. The molecule has 0 saturated carbocycles. The molecule has 1 saturated heterocycles. The van der Waals surface area contributed by atoms with Gasteiger partial charge in [-0.3, -0.25) is 4.90 Å². The van der Waals surface area contributed by atoms with Gasteiger partial charge >= 0.3 is 0 Å². The lowest BCUT2D eigenvalue weighted by molar-refractivity contribution is 0.173. The first-order chi connectivity index (χ1) is 9.60. The molecule has 1 fully saturated rings. The van der Waals surface area contributed by atoms with Gasteiger partial charge in [-0.25, -0.2) is 0 Å². The molecule has 0 radical (unpaired) electrons. The summed E-state index contributed by atoms with van der Waals surface area (Å²) in [6, 6.07) is 4.42. The first-order valence-corrected chi connectivity index (χ1v) is 7.92. The van der Waals surface area contributed by atoms with Crippen molar-refractivity contribution in [2.45, 2.75) is 19.9 Å². The molecule has 0 bridgehead atoms. The smallest absolute Gasteiger partial charge is 0.231 e. The molecule has 0 aliphatic carbocycles. The van der Waals surface area contributed by atoms with Crippen molar-refractivity contribution >= 4 is 15.9 Å². The van der Waals surface area contributed by atoms with Gasteiger partial charge in [0.25, 0.3) is 0 Å². The van der Waals surface area contributed by atoms with E-state index in [-0.39, 0.29) is 6.04 Å². The van der Waals surface area contributed by atoms with Crippen molar-refractivity contribution in [3.8, 4) is 11.5 Å². The number of hydrogen-bond acceptors (Lipinski definition) is 4. The van der Waals surface area contributed by atoms with E-state index in [1.54, 1.807) is 0 Å². The summed E-state index contributed by atoms with van der Waals surface area (Å²) in [4.78, 5) is 2.49. The Morgan fingerprint density at radius 1 is 1.30 bits per heavy atom. The summed E-state index contributed by atoms with van der Waals surface area (Å²) in [6.07, 6.45) is 0. The molecule has 2 aliphatic heterocycles. The van der Waals surface area contributed by atoms with Crippen LogP contribution in [0.2, 0.25) is 0 Å². The van der Waals surface area contributed by atoms with Crippen LogP contribution in [-0.2, 0) is 0 Å². The minimum Gasteiger partial charge on any atom is -0.454 e. The number of nitrogens with zero attached hydrogens (tertiary/aromatic N) is 1. The zero-order chi connectivity index (χ0) is 14.3. The number of ether oxygens (including phenoxy) is 2. The molecule has 1 aromatic rings. The molecule has 110 valence electrons. The molecule has 3 rings (SSSR count). The molecular formula is C15H21BrN2O2. The average molecular weight is 341 g/mol. The predicted molar refractivity (Wildman–Crippen MR) is 82.0 cm³/mol. The zero-order valence-corrected chi connectivity index (χ0v) is 13.5. The van der Waals surface area contributed by atoms with E-state index in [0.717, 1.165) is 40.9 Å². The van der Waals surface area contributed by atoms with Crippen molar-refractivity contribution in [1.29, 1.82) is 0 Å². The average Bonchev–Trinajstić information content (AvgIpc) is 2.99. The molecule has 0 aromatic heterocycles. The third-order valence-corrected chi connectivity index (χ3v) is 5.10. The van der Waals surface area contributed by atoms with Crippen molar-refractivity contribution in [2.75, 3.05) is 26.4 Å². The van der Waals surface area contributed by atoms with E-state index < -0.39 is 0 Å². The van der Waals surface area contributed by atoms with E-state index >= 15 is 0 Å². The van der Waals surface area contributed by atoms with Crippen molar-refractivity contribution in [3.63, 3.8) is 0 Å². The second-order valence-corrected chi connectivity index (χ2v) is 6.75. The molecule has 4 nitrogen and oxygen atoms in total. The molecule has 5 heteroatoms. The molecule has 20 heavy (non-hydrogen) atoms. The van der Waals surface area contributed by atoms with Crippen LogP contribution in [0.25, 0.3) is 0 Å². The standard InChI is InChI=1S/C15H21BrN2O2/c1-9-6-18(7-10(9)2)13(5-17)11-3-12(16)15-14(4-11)19-8-20-15/h3-4,9-10,13H,5-8,17H2,1-2H3. The lowest BCUT2D eigenvalue weighted by Gasteiger charge is -2.27. The van der Waals surface area contributed by atoms with Gasteiger partial charge in [0.15, 0.2) is 11.5 Å². The highest BCUT2D eigenvalue weighted by atomic mass is 79.9. The number of hydrogen-bond donors (Lipinski definition) is 1. The topological polar surface area (TPSA) is 47.7 Å². The lowest BCUT2D eigenvalue weighted by Crippen LogP contribution is -2.32. The number of nitrogens with two attached hydrogens (primary N) is 1. The van der Waals surface area contributed by atoms with Gasteiger partial charge in [0, 0.05) is 25.7 Å². The first-order valence-electron chi connectivity index (χ1n) is 7.13. The van der Waals surface area contributed by atoms with Crippen LogP contribution in [-0.4, -0.2) is 31.3 Å². The summed E-state index contributed by atoms with van der Waals surface area (Å²) in [5, 5.41) is 0. The van der Waals surface area contributed by atoms with Crippen LogP contribution in [0.1, 0.15) is 25.5 Å². The first kappa shape index (κ1) is 14.2. The van der Waals surface area contributed by atoms with Gasteiger partial charge in [-0.1, -0.05) is 13.8 Å². The monoisotopic (exact) mass is 340 g/mol. The summed E-state index contributed by atoms with van der Waals surface area (Å²) in [7, 11) is 0. The van der Waals surface area contributed by atoms with Crippen molar-refractivity contribution < 1.29 is 9.47 Å². The Bertz CT molecular complexity index is 499. The highest BCUT2D eigenvalue weighted by Gasteiger charge is 2.32. The van der Waals surface area contributed by atoms with Gasteiger partial charge in [0.2, 0.25) is 6.79 Å². The molecule has 1 aromatic carbocycles. The third-order valence-electron chi connectivity index (χ3n) is 4.51. The van der Waals surface area contributed by atoms with Gasteiger partial charge in [0.1, 0.15) is 0 Å². The fraction of sp³-hybridized carbons (Fsp3) is 0.600. The Hall–Kier alpha value is -0.780. The van der Waals surface area contributed by atoms with Crippen LogP contribution >= 0.6 is 15.9 Å². The highest BCUT2D eigenvalue weighted by Crippen LogP contribution is 2.42. The van der Waals surface area contributed by atoms with Crippen molar-refractivity contribution in [3.05, 3.63) is 22.2 Å². The number of fused-ring (bicyclic) bond motifs is 1. The predicted octanol–water partition coefficient (Wildman–Crippen LogP) is 2.77. The summed E-state index contributed by atoms with van der Waals surface area (Å²) >= 11 is 3.56. The van der Waals surface area contributed by atoms with E-state index in [0.29, 0.717) is 13.3 Å². The van der Waals surface area contributed by atoms with E-state index in [9.17, 15) is 0 Å². The van der Waals surface area contributed by atoms with Crippen LogP contribution in [0, 0.1) is 11.8 Å². The number of halogens is 1. The summed E-state index contributed by atoms with van der Waals surface area (Å²) in [5.41, 5.74) is 7.24. The quantitative estimate of drug-likeness (QED) is 0.918. The van der Waals surface area contributed by atoms with Crippen molar-refractivity contribution in [1.82, 2.24) is 4.90 Å². The molecule has 3 unspecified atom stereocenters. The number of rotatable bonds is 3. The second-order valence-electron chi connectivity index (χ2n) is 5.90. The van der Waals surface area contributed by atoms with Gasteiger partial charge in [0.05, 0.1) is 4.47 Å². The zero-order valence-electron chi connectivity index (χ0n) is 11.9. The van der Waals surface area contributed by atoms with Crippen LogP contribution in [0.4, 0.5) is 0 Å². The maximum atomic E-state index is 6.04. The van der Waals surface area contributed by atoms with E-state index in [4.69, 9.17) is 15.2 Å². The maximum absolute atomic E-state index is 6.04. The fourth-order valence-corrected chi connectivity index (χ4v) is 3.68. The minimum absolute atomic E-state index is 0.244. The van der Waals surface area contributed by atoms with Crippen LogP contribution < -0.4 is 15.2 Å². The van der Waals surface area contributed by atoms with Gasteiger partial charge in [-0.2, -0.15) is 0 Å².